The smallest absolute Gasteiger partial charge is 0.297 e. The van der Waals surface area contributed by atoms with Crippen LogP contribution in [-0.4, -0.2) is 22.8 Å². The van der Waals surface area contributed by atoms with Crippen molar-refractivity contribution in [2.24, 2.45) is 0 Å². The number of carbonyl (C=O) groups is 1. The van der Waals surface area contributed by atoms with Crippen LogP contribution in [0.5, 0.6) is 0 Å². The van der Waals surface area contributed by atoms with Crippen LogP contribution >= 0.6 is 23.2 Å². The largest absolute Gasteiger partial charge is 0.304 e. The molecule has 1 aliphatic heterocycles. The van der Waals surface area contributed by atoms with E-state index in [9.17, 15) is 19.3 Å². The highest BCUT2D eigenvalue weighted by molar-refractivity contribution is 6.35. The molecule has 0 aromatic heterocycles. The average Bonchev–Trinajstić information content (AvgIpc) is 2.56. The van der Waals surface area contributed by atoms with Crippen LogP contribution in [0.25, 0.3) is 0 Å². The van der Waals surface area contributed by atoms with Crippen molar-refractivity contribution >= 4 is 40.5 Å². The zero-order valence-electron chi connectivity index (χ0n) is 8.90. The molecule has 1 fully saturated rings. The Kier molecular flexibility index (Phi) is 3.41. The van der Waals surface area contributed by atoms with E-state index in [1.54, 1.807) is 0 Å². The Morgan fingerprint density at radius 2 is 2.17 bits per heavy atom. The molecule has 8 heteroatoms. The second kappa shape index (κ2) is 4.70. The predicted octanol–water partition coefficient (Wildman–Crippen LogP) is 2.73. The summed E-state index contributed by atoms with van der Waals surface area (Å²) in [7, 11) is 0. The zero-order chi connectivity index (χ0) is 13.4. The molecule has 0 bridgehead atoms. The molecule has 1 atom stereocenters. The maximum atomic E-state index is 13.1. The van der Waals surface area contributed by atoms with Crippen molar-refractivity contribution in [3.63, 3.8) is 0 Å². The van der Waals surface area contributed by atoms with Gasteiger partial charge in [0.05, 0.1) is 21.4 Å². The van der Waals surface area contributed by atoms with Crippen LogP contribution in [0.1, 0.15) is 6.42 Å². The Bertz CT molecular complexity index is 538. The van der Waals surface area contributed by atoms with E-state index in [0.717, 1.165) is 17.0 Å². The van der Waals surface area contributed by atoms with E-state index in [-0.39, 0.29) is 29.6 Å². The molecule has 0 spiro atoms. The third-order valence-corrected chi connectivity index (χ3v) is 3.13. The topological polar surface area (TPSA) is 63.5 Å². The summed E-state index contributed by atoms with van der Waals surface area (Å²) in [5.41, 5.74) is -0.643. The zero-order valence-corrected chi connectivity index (χ0v) is 10.4. The lowest BCUT2D eigenvalue weighted by Crippen LogP contribution is -2.26. The van der Waals surface area contributed by atoms with Crippen LogP contribution in [0.15, 0.2) is 12.1 Å². The highest BCUT2D eigenvalue weighted by Crippen LogP contribution is 2.39. The van der Waals surface area contributed by atoms with Crippen LogP contribution in [0, 0.1) is 15.9 Å². The van der Waals surface area contributed by atoms with E-state index < -0.39 is 21.8 Å². The molecule has 1 heterocycles. The molecule has 0 saturated carbocycles. The molecular weight excluding hydrogens is 286 g/mol. The van der Waals surface area contributed by atoms with Gasteiger partial charge in [0, 0.05) is 13.0 Å². The highest BCUT2D eigenvalue weighted by Gasteiger charge is 2.35. The van der Waals surface area contributed by atoms with Crippen LogP contribution in [-0.2, 0) is 4.79 Å². The van der Waals surface area contributed by atoms with Gasteiger partial charge in [0.25, 0.3) is 5.69 Å². The lowest BCUT2D eigenvalue weighted by molar-refractivity contribution is -0.384. The maximum absolute atomic E-state index is 13.1. The maximum Gasteiger partial charge on any atom is 0.297 e. The molecule has 5 nitrogen and oxygen atoms in total. The Morgan fingerprint density at radius 1 is 1.50 bits per heavy atom. The minimum Gasteiger partial charge on any atom is -0.304 e. The van der Waals surface area contributed by atoms with E-state index in [1.807, 2.05) is 0 Å². The second-order valence-electron chi connectivity index (χ2n) is 3.82. The number of anilines is 1. The quantitative estimate of drug-likeness (QED) is 0.478. The number of hydrogen-bond acceptors (Lipinski definition) is 3. The van der Waals surface area contributed by atoms with Gasteiger partial charge >= 0.3 is 0 Å². The van der Waals surface area contributed by atoms with E-state index in [2.05, 4.69) is 0 Å². The lowest BCUT2D eigenvalue weighted by Gasteiger charge is -2.17. The summed E-state index contributed by atoms with van der Waals surface area (Å²) >= 11 is 11.6. The lowest BCUT2D eigenvalue weighted by atomic mass is 10.2. The van der Waals surface area contributed by atoms with Crippen molar-refractivity contribution < 1.29 is 14.1 Å². The highest BCUT2D eigenvalue weighted by atomic mass is 35.5. The van der Waals surface area contributed by atoms with Crippen molar-refractivity contribution in [2.45, 2.75) is 11.8 Å². The predicted molar refractivity (Wildman–Crippen MR) is 64.7 cm³/mol. The van der Waals surface area contributed by atoms with E-state index >= 15 is 0 Å². The number of amides is 1. The second-order valence-corrected chi connectivity index (χ2v) is 4.84. The molecular formula is C10H7Cl2FN2O3. The van der Waals surface area contributed by atoms with Gasteiger partial charge in [-0.1, -0.05) is 11.6 Å². The van der Waals surface area contributed by atoms with Gasteiger partial charge in [0.1, 0.15) is 11.5 Å². The van der Waals surface area contributed by atoms with Gasteiger partial charge in [-0.05, 0) is 6.07 Å². The molecule has 96 valence electrons. The summed E-state index contributed by atoms with van der Waals surface area (Å²) < 4.78 is 13.1. The Hall–Kier alpha value is -1.40. The van der Waals surface area contributed by atoms with Crippen molar-refractivity contribution in [2.75, 3.05) is 11.4 Å². The molecule has 0 radical (unpaired) electrons. The Labute approximate surface area is 111 Å². The van der Waals surface area contributed by atoms with Crippen LogP contribution in [0.4, 0.5) is 15.8 Å². The number of nitro benzene ring substituents is 1. The molecule has 0 aliphatic carbocycles. The molecule has 18 heavy (non-hydrogen) atoms. The molecule has 1 saturated heterocycles. The number of nitrogens with zero attached hydrogens (tertiary/aromatic N) is 2. The number of alkyl halides is 1. The third-order valence-electron chi connectivity index (χ3n) is 2.55. The van der Waals surface area contributed by atoms with Gasteiger partial charge in [0.2, 0.25) is 5.91 Å². The molecule has 1 amide bonds. The van der Waals surface area contributed by atoms with Crippen molar-refractivity contribution in [1.82, 2.24) is 0 Å². The standard InChI is InChI=1S/C10H7Cl2FN2O3/c11-5-1-9(16)14(4-5)10-7(12)2-6(13)3-8(10)15(17)18/h2-3,5H,1,4H2. The van der Waals surface area contributed by atoms with Gasteiger partial charge in [-0.2, -0.15) is 0 Å². The summed E-state index contributed by atoms with van der Waals surface area (Å²) in [5.74, 6) is -1.20. The van der Waals surface area contributed by atoms with Crippen LogP contribution in [0.3, 0.4) is 0 Å². The van der Waals surface area contributed by atoms with Crippen molar-refractivity contribution in [3.8, 4) is 0 Å². The summed E-state index contributed by atoms with van der Waals surface area (Å²) in [5, 5.41) is 10.3. The van der Waals surface area contributed by atoms with Gasteiger partial charge in [-0.3, -0.25) is 14.9 Å². The van der Waals surface area contributed by atoms with Gasteiger partial charge < -0.3 is 4.90 Å². The van der Waals surface area contributed by atoms with Gasteiger partial charge in [0.15, 0.2) is 0 Å². The first-order chi connectivity index (χ1) is 8.40. The molecule has 0 N–H and O–H groups in total. The number of hydrogen-bond donors (Lipinski definition) is 0. The molecule has 1 unspecified atom stereocenters. The summed E-state index contributed by atoms with van der Waals surface area (Å²) in [6, 6.07) is 1.66. The average molecular weight is 293 g/mol. The number of rotatable bonds is 2. The Balaban J connectivity index is 2.56. The van der Waals surface area contributed by atoms with E-state index in [4.69, 9.17) is 23.2 Å². The first-order valence-corrected chi connectivity index (χ1v) is 5.79. The summed E-state index contributed by atoms with van der Waals surface area (Å²) in [6.45, 7) is 0.118. The molecule has 1 aromatic carbocycles. The van der Waals surface area contributed by atoms with Crippen LogP contribution < -0.4 is 4.90 Å². The molecule has 1 aliphatic rings. The normalized spacial score (nSPS) is 19.4. The van der Waals surface area contributed by atoms with E-state index in [0.29, 0.717) is 0 Å². The first kappa shape index (κ1) is 13.0. The minimum absolute atomic E-state index is 0.0758. The number of carbonyl (C=O) groups excluding carboxylic acids is 1. The fraction of sp³-hybridized carbons (Fsp3) is 0.300. The molecule has 1 aromatic rings. The van der Waals surface area contributed by atoms with Crippen molar-refractivity contribution in [3.05, 3.63) is 33.1 Å². The fourth-order valence-corrected chi connectivity index (χ4v) is 2.41. The SMILES string of the molecule is O=C1CC(Cl)CN1c1c(Cl)cc(F)cc1[N+](=O)[O-]. The monoisotopic (exact) mass is 292 g/mol. The van der Waals surface area contributed by atoms with Crippen LogP contribution in [0.2, 0.25) is 5.02 Å². The summed E-state index contributed by atoms with van der Waals surface area (Å²) in [4.78, 5) is 22.9. The number of nitro groups is 1. The number of benzene rings is 1. The third kappa shape index (κ3) is 2.26. The molecule has 2 rings (SSSR count). The fourth-order valence-electron chi connectivity index (χ4n) is 1.84. The van der Waals surface area contributed by atoms with E-state index in [1.165, 1.54) is 0 Å². The van der Waals surface area contributed by atoms with Gasteiger partial charge in [-0.25, -0.2) is 4.39 Å². The van der Waals surface area contributed by atoms with Crippen molar-refractivity contribution in [1.29, 1.82) is 0 Å². The Morgan fingerprint density at radius 3 is 2.67 bits per heavy atom. The minimum atomic E-state index is -0.829. The summed E-state index contributed by atoms with van der Waals surface area (Å²) in [6.07, 6.45) is 0.0758. The number of halogens is 3. The first-order valence-electron chi connectivity index (χ1n) is 4.98. The van der Waals surface area contributed by atoms with Gasteiger partial charge in [-0.15, -0.1) is 11.6 Å².